The molecule has 0 radical (unpaired) electrons. The van der Waals surface area contributed by atoms with Crippen LogP contribution >= 0.6 is 26.6 Å². The number of ether oxygens (including phenoxy) is 1. The van der Waals surface area contributed by atoms with E-state index in [1.807, 2.05) is 18.2 Å². The van der Waals surface area contributed by atoms with Gasteiger partial charge in [-0.25, -0.2) is 13.4 Å². The minimum Gasteiger partial charge on any atom is -0.496 e. The lowest BCUT2D eigenvalue weighted by atomic mass is 10.2. The second-order valence-electron chi connectivity index (χ2n) is 4.15. The Morgan fingerprint density at radius 1 is 1.45 bits per heavy atom. The average molecular weight is 380 g/mol. The van der Waals surface area contributed by atoms with Crippen LogP contribution in [0.25, 0.3) is 0 Å². The molecular weight excluding hydrogens is 368 g/mol. The average Bonchev–Trinajstić information content (AvgIpc) is 2.71. The molecule has 5 nitrogen and oxygen atoms in total. The Morgan fingerprint density at radius 2 is 2.15 bits per heavy atom. The fourth-order valence-electron chi connectivity index (χ4n) is 1.81. The van der Waals surface area contributed by atoms with Crippen molar-refractivity contribution in [1.29, 1.82) is 0 Å². The molecule has 1 aromatic heterocycles. The summed E-state index contributed by atoms with van der Waals surface area (Å²) in [4.78, 5) is 3.95. The Bertz CT molecular complexity index is 743. The molecule has 0 aliphatic heterocycles. The van der Waals surface area contributed by atoms with Crippen molar-refractivity contribution in [3.05, 3.63) is 40.3 Å². The first kappa shape index (κ1) is 15.3. The highest BCUT2D eigenvalue weighted by Gasteiger charge is 2.16. The van der Waals surface area contributed by atoms with Gasteiger partial charge in [-0.05, 0) is 25.1 Å². The molecule has 0 atom stereocenters. The van der Waals surface area contributed by atoms with E-state index >= 15 is 0 Å². The molecule has 2 aromatic rings. The fraction of sp³-hybridized carbons (Fsp3) is 0.250. The summed E-state index contributed by atoms with van der Waals surface area (Å²) in [5, 5.41) is -0.148. The van der Waals surface area contributed by atoms with Crippen LogP contribution in [0.1, 0.15) is 11.4 Å². The van der Waals surface area contributed by atoms with Crippen LogP contribution in [-0.2, 0) is 15.6 Å². The van der Waals surface area contributed by atoms with Crippen LogP contribution in [0.4, 0.5) is 0 Å². The lowest BCUT2D eigenvalue weighted by Crippen LogP contribution is -2.02. The van der Waals surface area contributed by atoms with Gasteiger partial charge in [0.15, 0.2) is 5.03 Å². The molecule has 0 fully saturated rings. The number of imidazole rings is 1. The zero-order valence-corrected chi connectivity index (χ0v) is 14.0. The van der Waals surface area contributed by atoms with E-state index in [1.165, 1.54) is 6.20 Å². The van der Waals surface area contributed by atoms with Crippen molar-refractivity contribution in [2.75, 3.05) is 7.11 Å². The van der Waals surface area contributed by atoms with Gasteiger partial charge in [-0.15, -0.1) is 0 Å². The lowest BCUT2D eigenvalue weighted by Gasteiger charge is -2.10. The fourth-order valence-corrected chi connectivity index (χ4v) is 2.94. The summed E-state index contributed by atoms with van der Waals surface area (Å²) in [6.45, 7) is 2.16. The predicted octanol–water partition coefficient (Wildman–Crippen LogP) is 2.94. The number of aryl methyl sites for hydroxylation is 1. The van der Waals surface area contributed by atoms with Crippen molar-refractivity contribution >= 4 is 35.7 Å². The van der Waals surface area contributed by atoms with E-state index in [9.17, 15) is 8.42 Å². The third-order valence-electron chi connectivity index (χ3n) is 2.79. The number of nitrogens with zero attached hydrogens (tertiary/aromatic N) is 2. The van der Waals surface area contributed by atoms with Gasteiger partial charge < -0.3 is 9.30 Å². The number of benzene rings is 1. The van der Waals surface area contributed by atoms with Crippen molar-refractivity contribution in [3.63, 3.8) is 0 Å². The maximum absolute atomic E-state index is 11.3. The Kier molecular flexibility index (Phi) is 4.41. The molecule has 0 spiro atoms. The minimum absolute atomic E-state index is 0.148. The van der Waals surface area contributed by atoms with Crippen LogP contribution in [0.5, 0.6) is 5.75 Å². The Hall–Kier alpha value is -1.05. The van der Waals surface area contributed by atoms with Crippen LogP contribution in [-0.4, -0.2) is 25.1 Å². The summed E-state index contributed by atoms with van der Waals surface area (Å²) in [6, 6.07) is 5.62. The molecular formula is C12H12BrClN2O3S. The van der Waals surface area contributed by atoms with Gasteiger partial charge in [-0.3, -0.25) is 0 Å². The number of hydrogen-bond acceptors (Lipinski definition) is 4. The Labute approximate surface area is 130 Å². The summed E-state index contributed by atoms with van der Waals surface area (Å²) < 4.78 is 30.5. The van der Waals surface area contributed by atoms with Crippen molar-refractivity contribution in [1.82, 2.24) is 9.55 Å². The first-order valence-corrected chi connectivity index (χ1v) is 8.72. The standard InChI is InChI=1S/C12H12BrClN2O3S/c1-8-15-12(20(14,17)18)7-16(8)6-9-5-10(13)3-4-11(9)19-2/h3-5,7H,6H2,1-2H3. The highest BCUT2D eigenvalue weighted by atomic mass is 79.9. The van der Waals surface area contributed by atoms with E-state index in [-0.39, 0.29) is 5.03 Å². The number of methoxy groups -OCH3 is 1. The third kappa shape index (κ3) is 3.34. The van der Waals surface area contributed by atoms with Crippen LogP contribution in [0.15, 0.2) is 33.9 Å². The zero-order valence-electron chi connectivity index (χ0n) is 10.8. The molecule has 0 unspecified atom stereocenters. The largest absolute Gasteiger partial charge is 0.496 e. The van der Waals surface area contributed by atoms with Crippen molar-refractivity contribution in [3.8, 4) is 5.75 Å². The Balaban J connectivity index is 2.40. The quantitative estimate of drug-likeness (QED) is 0.766. The number of aromatic nitrogens is 2. The summed E-state index contributed by atoms with van der Waals surface area (Å²) in [7, 11) is 3.06. The van der Waals surface area contributed by atoms with E-state index in [0.717, 1.165) is 15.8 Å². The first-order valence-electron chi connectivity index (χ1n) is 5.62. The molecule has 0 N–H and O–H groups in total. The molecule has 0 aliphatic carbocycles. The smallest absolute Gasteiger partial charge is 0.280 e. The van der Waals surface area contributed by atoms with Gasteiger partial charge in [-0.1, -0.05) is 15.9 Å². The van der Waals surface area contributed by atoms with Crippen LogP contribution < -0.4 is 4.74 Å². The molecule has 2 rings (SSSR count). The Morgan fingerprint density at radius 3 is 2.70 bits per heavy atom. The predicted molar refractivity (Wildman–Crippen MR) is 79.8 cm³/mol. The molecule has 108 valence electrons. The normalized spacial score (nSPS) is 11.6. The van der Waals surface area contributed by atoms with Crippen LogP contribution in [0.3, 0.4) is 0 Å². The van der Waals surface area contributed by atoms with Gasteiger partial charge in [0.2, 0.25) is 0 Å². The molecule has 1 aromatic carbocycles. The van der Waals surface area contributed by atoms with E-state index in [2.05, 4.69) is 20.9 Å². The SMILES string of the molecule is COc1ccc(Br)cc1Cn1cc(S(=O)(=O)Cl)nc1C. The summed E-state index contributed by atoms with van der Waals surface area (Å²) >= 11 is 3.40. The topological polar surface area (TPSA) is 61.2 Å². The van der Waals surface area contributed by atoms with Gasteiger partial charge in [-0.2, -0.15) is 0 Å². The zero-order chi connectivity index (χ0) is 14.9. The van der Waals surface area contributed by atoms with E-state index < -0.39 is 9.05 Å². The number of rotatable bonds is 4. The van der Waals surface area contributed by atoms with Crippen molar-refractivity contribution in [2.24, 2.45) is 0 Å². The molecule has 0 bridgehead atoms. The molecule has 0 amide bonds. The lowest BCUT2D eigenvalue weighted by molar-refractivity contribution is 0.408. The second-order valence-corrected chi connectivity index (χ2v) is 7.58. The summed E-state index contributed by atoms with van der Waals surface area (Å²) in [5.41, 5.74) is 0.904. The van der Waals surface area contributed by atoms with Gasteiger partial charge in [0.05, 0.1) is 13.7 Å². The van der Waals surface area contributed by atoms with Gasteiger partial charge >= 0.3 is 0 Å². The highest BCUT2D eigenvalue weighted by Crippen LogP contribution is 2.25. The summed E-state index contributed by atoms with van der Waals surface area (Å²) in [5.74, 6) is 1.28. The molecule has 0 saturated carbocycles. The number of hydrogen-bond donors (Lipinski definition) is 0. The van der Waals surface area contributed by atoms with Gasteiger partial charge in [0.1, 0.15) is 11.6 Å². The van der Waals surface area contributed by atoms with Crippen LogP contribution in [0, 0.1) is 6.92 Å². The summed E-state index contributed by atoms with van der Waals surface area (Å²) in [6.07, 6.45) is 1.41. The molecule has 1 heterocycles. The van der Waals surface area contributed by atoms with Crippen LogP contribution in [0.2, 0.25) is 0 Å². The molecule has 8 heteroatoms. The number of halogens is 2. The van der Waals surface area contributed by atoms with Crippen molar-refractivity contribution < 1.29 is 13.2 Å². The maximum atomic E-state index is 11.3. The van der Waals surface area contributed by atoms with E-state index in [1.54, 1.807) is 18.6 Å². The van der Waals surface area contributed by atoms with E-state index in [4.69, 9.17) is 15.4 Å². The minimum atomic E-state index is -3.82. The third-order valence-corrected chi connectivity index (χ3v) is 4.45. The monoisotopic (exact) mass is 378 g/mol. The highest BCUT2D eigenvalue weighted by molar-refractivity contribution is 9.10. The maximum Gasteiger partial charge on any atom is 0.280 e. The molecule has 20 heavy (non-hydrogen) atoms. The van der Waals surface area contributed by atoms with E-state index in [0.29, 0.717) is 12.4 Å². The first-order chi connectivity index (χ1) is 9.31. The van der Waals surface area contributed by atoms with Gasteiger partial charge in [0, 0.05) is 26.9 Å². The molecule has 0 aliphatic rings. The van der Waals surface area contributed by atoms with Gasteiger partial charge in [0.25, 0.3) is 9.05 Å². The molecule has 0 saturated heterocycles. The second kappa shape index (κ2) is 5.75. The van der Waals surface area contributed by atoms with Crippen molar-refractivity contribution in [2.45, 2.75) is 18.5 Å².